The van der Waals surface area contributed by atoms with Gasteiger partial charge in [-0.15, -0.1) is 0 Å². The summed E-state index contributed by atoms with van der Waals surface area (Å²) in [6, 6.07) is 3.02. The number of aryl methyl sites for hydroxylation is 2. The molecule has 0 aliphatic carbocycles. The fraction of sp³-hybridized carbons (Fsp3) is 0.333. The third kappa shape index (κ3) is 1.97. The van der Waals surface area contributed by atoms with E-state index in [-0.39, 0.29) is 30.3 Å². The molecule has 0 atom stereocenters. The molecule has 2 rings (SSSR count). The maximum atomic E-state index is 11.6. The van der Waals surface area contributed by atoms with Gasteiger partial charge in [-0.05, 0) is 25.5 Å². The predicted octanol–water partition coefficient (Wildman–Crippen LogP) is 1.52. The highest BCUT2D eigenvalue weighted by molar-refractivity contribution is 6.15. The maximum absolute atomic E-state index is 11.6. The number of rotatable bonds is 2. The van der Waals surface area contributed by atoms with E-state index in [4.69, 9.17) is 0 Å². The molecule has 18 heavy (non-hydrogen) atoms. The van der Waals surface area contributed by atoms with E-state index >= 15 is 0 Å². The van der Waals surface area contributed by atoms with Gasteiger partial charge in [-0.2, -0.15) is 0 Å². The first-order chi connectivity index (χ1) is 8.40. The number of anilines is 1. The Bertz CT molecular complexity index is 565. The molecule has 6 nitrogen and oxygen atoms in total. The van der Waals surface area contributed by atoms with Crippen LogP contribution in [0.5, 0.6) is 0 Å². The van der Waals surface area contributed by atoms with Gasteiger partial charge in [-0.25, -0.2) is 0 Å². The van der Waals surface area contributed by atoms with Crippen molar-refractivity contribution in [1.29, 1.82) is 0 Å². The Morgan fingerprint density at radius 1 is 1.22 bits per heavy atom. The average molecular weight is 248 g/mol. The quantitative estimate of drug-likeness (QED) is 0.451. The van der Waals surface area contributed by atoms with Gasteiger partial charge in [-0.1, -0.05) is 0 Å². The average Bonchev–Trinajstić information content (AvgIpc) is 2.57. The minimum atomic E-state index is -0.485. The Kier molecular flexibility index (Phi) is 2.86. The highest BCUT2D eigenvalue weighted by Gasteiger charge is 2.30. The summed E-state index contributed by atoms with van der Waals surface area (Å²) >= 11 is 0. The summed E-state index contributed by atoms with van der Waals surface area (Å²) in [5, 5.41) is 10.9. The van der Waals surface area contributed by atoms with Gasteiger partial charge in [0.15, 0.2) is 5.78 Å². The third-order valence-electron chi connectivity index (χ3n) is 2.99. The van der Waals surface area contributed by atoms with Crippen LogP contribution in [0.1, 0.15) is 17.5 Å². The number of carbonyl (C=O) groups excluding carboxylic acids is 2. The second-order valence-corrected chi connectivity index (χ2v) is 4.38. The molecule has 1 aliphatic heterocycles. The fourth-order valence-electron chi connectivity index (χ4n) is 2.12. The van der Waals surface area contributed by atoms with Crippen LogP contribution in [0, 0.1) is 24.0 Å². The SMILES string of the molecule is Cc1cc(C)c([N+](=O)[O-])cc1N1CC(=O)CC1=O. The molecule has 0 unspecified atom stereocenters. The highest BCUT2D eigenvalue weighted by Crippen LogP contribution is 2.30. The topological polar surface area (TPSA) is 80.5 Å². The molecule has 0 N–H and O–H groups in total. The second kappa shape index (κ2) is 4.21. The van der Waals surface area contributed by atoms with Crippen molar-refractivity contribution < 1.29 is 14.5 Å². The molecule has 0 aromatic heterocycles. The zero-order chi connectivity index (χ0) is 13.4. The maximum Gasteiger partial charge on any atom is 0.274 e. The van der Waals surface area contributed by atoms with Gasteiger partial charge in [0.25, 0.3) is 5.69 Å². The van der Waals surface area contributed by atoms with Crippen LogP contribution in [0.25, 0.3) is 0 Å². The lowest BCUT2D eigenvalue weighted by Gasteiger charge is -2.17. The molecule has 1 saturated heterocycles. The number of amides is 1. The van der Waals surface area contributed by atoms with E-state index in [9.17, 15) is 19.7 Å². The Labute approximate surface area is 103 Å². The van der Waals surface area contributed by atoms with Crippen molar-refractivity contribution in [2.24, 2.45) is 0 Å². The number of benzene rings is 1. The van der Waals surface area contributed by atoms with Crippen molar-refractivity contribution in [2.45, 2.75) is 20.3 Å². The van der Waals surface area contributed by atoms with E-state index < -0.39 is 4.92 Å². The monoisotopic (exact) mass is 248 g/mol. The first kappa shape index (κ1) is 12.2. The first-order valence-corrected chi connectivity index (χ1v) is 5.48. The molecule has 1 amide bonds. The summed E-state index contributed by atoms with van der Waals surface area (Å²) in [4.78, 5) is 34.6. The van der Waals surface area contributed by atoms with E-state index in [0.717, 1.165) is 5.56 Å². The number of nitro groups is 1. The summed E-state index contributed by atoms with van der Waals surface area (Å²) in [7, 11) is 0. The largest absolute Gasteiger partial charge is 0.304 e. The summed E-state index contributed by atoms with van der Waals surface area (Å²) in [6.45, 7) is 3.41. The zero-order valence-corrected chi connectivity index (χ0v) is 10.1. The Hall–Kier alpha value is -2.24. The van der Waals surface area contributed by atoms with Crippen LogP contribution in [0.4, 0.5) is 11.4 Å². The molecule has 1 heterocycles. The van der Waals surface area contributed by atoms with Gasteiger partial charge in [-0.3, -0.25) is 19.7 Å². The van der Waals surface area contributed by atoms with Gasteiger partial charge in [0, 0.05) is 11.6 Å². The highest BCUT2D eigenvalue weighted by atomic mass is 16.6. The summed E-state index contributed by atoms with van der Waals surface area (Å²) in [6.07, 6.45) is -0.124. The summed E-state index contributed by atoms with van der Waals surface area (Å²) in [5.74, 6) is -0.469. The predicted molar refractivity (Wildman–Crippen MR) is 64.5 cm³/mol. The molecule has 6 heteroatoms. The summed E-state index contributed by atoms with van der Waals surface area (Å²) < 4.78 is 0. The van der Waals surface area contributed by atoms with Crippen molar-refractivity contribution in [1.82, 2.24) is 0 Å². The van der Waals surface area contributed by atoms with Gasteiger partial charge >= 0.3 is 0 Å². The fourth-order valence-corrected chi connectivity index (χ4v) is 2.12. The molecule has 0 radical (unpaired) electrons. The van der Waals surface area contributed by atoms with E-state index in [1.54, 1.807) is 19.9 Å². The van der Waals surface area contributed by atoms with Crippen molar-refractivity contribution in [3.05, 3.63) is 33.4 Å². The second-order valence-electron chi connectivity index (χ2n) is 4.38. The van der Waals surface area contributed by atoms with Crippen LogP contribution < -0.4 is 4.90 Å². The van der Waals surface area contributed by atoms with E-state index in [2.05, 4.69) is 0 Å². The molecule has 0 saturated carbocycles. The lowest BCUT2D eigenvalue weighted by molar-refractivity contribution is -0.385. The van der Waals surface area contributed by atoms with Crippen molar-refractivity contribution in [2.75, 3.05) is 11.4 Å². The number of hydrogen-bond acceptors (Lipinski definition) is 4. The Morgan fingerprint density at radius 2 is 1.89 bits per heavy atom. The van der Waals surface area contributed by atoms with Crippen molar-refractivity contribution in [3.63, 3.8) is 0 Å². The molecule has 1 aliphatic rings. The van der Waals surface area contributed by atoms with E-state index in [1.807, 2.05) is 0 Å². The van der Waals surface area contributed by atoms with Crippen LogP contribution in [-0.2, 0) is 9.59 Å². The number of hydrogen-bond donors (Lipinski definition) is 0. The number of carbonyl (C=O) groups is 2. The normalized spacial score (nSPS) is 15.3. The number of ketones is 1. The number of nitrogens with zero attached hydrogens (tertiary/aromatic N) is 2. The first-order valence-electron chi connectivity index (χ1n) is 5.48. The Balaban J connectivity index is 2.51. The third-order valence-corrected chi connectivity index (χ3v) is 2.99. The van der Waals surface area contributed by atoms with Crippen LogP contribution >= 0.6 is 0 Å². The minimum Gasteiger partial charge on any atom is -0.304 e. The molecular weight excluding hydrogens is 236 g/mol. The molecule has 0 spiro atoms. The van der Waals surface area contributed by atoms with Gasteiger partial charge < -0.3 is 4.90 Å². The molecule has 1 aromatic carbocycles. The van der Waals surface area contributed by atoms with Gasteiger partial charge in [0.2, 0.25) is 5.91 Å². The number of nitro benzene ring substituents is 1. The van der Waals surface area contributed by atoms with Crippen molar-refractivity contribution in [3.8, 4) is 0 Å². The standard InChI is InChI=1S/C12H12N2O4/c1-7-3-8(2)11(14(17)18)5-10(7)13-6-9(15)4-12(13)16/h3,5H,4,6H2,1-2H3. The minimum absolute atomic E-state index is 0.000111. The van der Waals surface area contributed by atoms with Crippen LogP contribution in [0.3, 0.4) is 0 Å². The molecular formula is C12H12N2O4. The van der Waals surface area contributed by atoms with Crippen molar-refractivity contribution >= 4 is 23.1 Å². The zero-order valence-electron chi connectivity index (χ0n) is 10.1. The van der Waals surface area contributed by atoms with Crippen LogP contribution in [0.15, 0.2) is 12.1 Å². The molecule has 94 valence electrons. The van der Waals surface area contributed by atoms with E-state index in [1.165, 1.54) is 11.0 Å². The van der Waals surface area contributed by atoms with E-state index in [0.29, 0.717) is 11.3 Å². The van der Waals surface area contributed by atoms with Crippen LogP contribution in [-0.4, -0.2) is 23.2 Å². The molecule has 1 aromatic rings. The van der Waals surface area contributed by atoms with Gasteiger partial charge in [0.1, 0.15) is 0 Å². The number of Topliss-reactive ketones (excluding diaryl/α,β-unsaturated/α-hetero) is 1. The smallest absolute Gasteiger partial charge is 0.274 e. The van der Waals surface area contributed by atoms with Gasteiger partial charge in [0.05, 0.1) is 23.6 Å². The molecule has 1 fully saturated rings. The molecule has 0 bridgehead atoms. The summed E-state index contributed by atoms with van der Waals surface area (Å²) in [5.41, 5.74) is 1.70. The lowest BCUT2D eigenvalue weighted by atomic mass is 10.1. The van der Waals surface area contributed by atoms with Crippen LogP contribution in [0.2, 0.25) is 0 Å². The lowest BCUT2D eigenvalue weighted by Crippen LogP contribution is -2.25. The Morgan fingerprint density at radius 3 is 2.39 bits per heavy atom.